The number of carbonyl (C=O) groups is 1. The van der Waals surface area contributed by atoms with E-state index in [2.05, 4.69) is 12.0 Å². The number of amides is 1. The third kappa shape index (κ3) is 3.78. The highest BCUT2D eigenvalue weighted by Crippen LogP contribution is 1.95. The molecule has 1 N–H and O–H groups in total. The average molecular weight is 156 g/mol. The number of nitrogens with one attached hydrogen (secondary N) is 1. The van der Waals surface area contributed by atoms with E-state index < -0.39 is 0 Å². The lowest BCUT2D eigenvalue weighted by molar-refractivity contribution is -0.121. The molecule has 1 amide bonds. The first-order chi connectivity index (χ1) is 5.11. The summed E-state index contributed by atoms with van der Waals surface area (Å²) in [4.78, 5) is 11.1. The van der Waals surface area contributed by atoms with Crippen LogP contribution in [0.3, 0.4) is 0 Å². The molecule has 3 heteroatoms. The molecule has 0 saturated heterocycles. The predicted molar refractivity (Wildman–Crippen MR) is 45.9 cm³/mol. The van der Waals surface area contributed by atoms with Gasteiger partial charge in [-0.25, -0.2) is 5.01 Å². The number of hydrogen-bond donors (Lipinski definition) is 1. The Labute approximate surface area is 68.0 Å². The second-order valence-electron chi connectivity index (χ2n) is 2.41. The molecular formula is C8H16N2O. The second-order valence-corrected chi connectivity index (χ2v) is 2.41. The van der Waals surface area contributed by atoms with E-state index in [0.29, 0.717) is 12.0 Å². The zero-order valence-corrected chi connectivity index (χ0v) is 7.48. The maximum absolute atomic E-state index is 11.1. The predicted octanol–water partition coefficient (Wildman–Crippen LogP) is 0.935. The molecule has 0 saturated carbocycles. The molecule has 0 fully saturated rings. The van der Waals surface area contributed by atoms with Crippen molar-refractivity contribution in [3.8, 4) is 0 Å². The fourth-order valence-corrected chi connectivity index (χ4v) is 0.492. The van der Waals surface area contributed by atoms with Crippen LogP contribution in [0.25, 0.3) is 0 Å². The molecule has 0 aromatic carbocycles. The van der Waals surface area contributed by atoms with Gasteiger partial charge in [0, 0.05) is 19.2 Å². The van der Waals surface area contributed by atoms with Gasteiger partial charge in [-0.1, -0.05) is 20.4 Å². The Balaban J connectivity index is 3.77. The summed E-state index contributed by atoms with van der Waals surface area (Å²) in [6.45, 7) is 8.29. The highest BCUT2D eigenvalue weighted by Gasteiger charge is 2.04. The number of hydrogen-bond acceptors (Lipinski definition) is 2. The third-order valence-corrected chi connectivity index (χ3v) is 1.51. The van der Waals surface area contributed by atoms with E-state index in [1.165, 1.54) is 0 Å². The summed E-state index contributed by atoms with van der Waals surface area (Å²) < 4.78 is 0. The Morgan fingerprint density at radius 1 is 1.55 bits per heavy atom. The van der Waals surface area contributed by atoms with Gasteiger partial charge in [-0.3, -0.25) is 10.2 Å². The van der Waals surface area contributed by atoms with Crippen molar-refractivity contribution in [3.05, 3.63) is 12.2 Å². The van der Waals surface area contributed by atoms with Crippen LogP contribution < -0.4 is 5.43 Å². The van der Waals surface area contributed by atoms with Crippen LogP contribution in [0.1, 0.15) is 20.3 Å². The molecule has 0 unspecified atom stereocenters. The summed E-state index contributed by atoms with van der Waals surface area (Å²) in [6, 6.07) is 0. The minimum atomic E-state index is -0.0862. The van der Waals surface area contributed by atoms with E-state index in [1.54, 1.807) is 5.01 Å². The average Bonchev–Trinajstić information content (AvgIpc) is 2.02. The van der Waals surface area contributed by atoms with Gasteiger partial charge in [0.1, 0.15) is 0 Å². The van der Waals surface area contributed by atoms with Gasteiger partial charge in [-0.15, -0.1) is 0 Å². The zero-order chi connectivity index (χ0) is 8.85. The Kier molecular flexibility index (Phi) is 4.54. The van der Waals surface area contributed by atoms with Gasteiger partial charge in [-0.2, -0.15) is 0 Å². The smallest absolute Gasteiger partial charge is 0.260 e. The Bertz CT molecular complexity index is 154. The van der Waals surface area contributed by atoms with E-state index in [1.807, 2.05) is 20.9 Å². The van der Waals surface area contributed by atoms with Crippen molar-refractivity contribution in [1.82, 2.24) is 10.4 Å². The molecule has 0 aromatic rings. The van der Waals surface area contributed by atoms with Crippen LogP contribution in [0.5, 0.6) is 0 Å². The van der Waals surface area contributed by atoms with Crippen LogP contribution in [0.4, 0.5) is 0 Å². The molecular weight excluding hydrogens is 140 g/mol. The van der Waals surface area contributed by atoms with E-state index in [0.717, 1.165) is 6.54 Å². The molecule has 0 radical (unpaired) electrons. The van der Waals surface area contributed by atoms with E-state index in [9.17, 15) is 4.79 Å². The van der Waals surface area contributed by atoms with Gasteiger partial charge in [0.2, 0.25) is 0 Å². The summed E-state index contributed by atoms with van der Waals surface area (Å²) >= 11 is 0. The van der Waals surface area contributed by atoms with Crippen molar-refractivity contribution >= 4 is 5.91 Å². The van der Waals surface area contributed by atoms with Crippen LogP contribution >= 0.6 is 0 Å². The lowest BCUT2D eigenvalue weighted by atomic mass is 10.2. The van der Waals surface area contributed by atoms with Crippen LogP contribution in [-0.4, -0.2) is 24.5 Å². The van der Waals surface area contributed by atoms with Gasteiger partial charge < -0.3 is 0 Å². The summed E-state index contributed by atoms with van der Waals surface area (Å²) in [5, 5.41) is 1.73. The largest absolute Gasteiger partial charge is 0.285 e. The fraction of sp³-hybridized carbons (Fsp3) is 0.625. The molecule has 0 atom stereocenters. The molecule has 3 nitrogen and oxygen atoms in total. The van der Waals surface area contributed by atoms with E-state index >= 15 is 0 Å². The highest BCUT2D eigenvalue weighted by molar-refractivity contribution is 5.92. The molecule has 64 valence electrons. The van der Waals surface area contributed by atoms with Gasteiger partial charge in [-0.05, 0) is 6.42 Å². The first kappa shape index (κ1) is 10.2. The van der Waals surface area contributed by atoms with Gasteiger partial charge in [0.25, 0.3) is 5.91 Å². The number of hydrazine groups is 1. The van der Waals surface area contributed by atoms with Crippen LogP contribution in [-0.2, 0) is 4.79 Å². The molecule has 0 aliphatic rings. The Hall–Kier alpha value is -0.830. The zero-order valence-electron chi connectivity index (χ0n) is 7.48. The second kappa shape index (κ2) is 4.91. The molecule has 0 spiro atoms. The summed E-state index contributed by atoms with van der Waals surface area (Å²) in [6.07, 6.45) is 0.698. The minimum Gasteiger partial charge on any atom is -0.285 e. The molecule has 0 aliphatic heterocycles. The van der Waals surface area contributed by atoms with Crippen molar-refractivity contribution in [2.75, 3.05) is 13.6 Å². The van der Waals surface area contributed by atoms with Crippen molar-refractivity contribution < 1.29 is 4.79 Å². The van der Waals surface area contributed by atoms with Crippen molar-refractivity contribution in [2.45, 2.75) is 20.3 Å². The Morgan fingerprint density at radius 3 is 2.45 bits per heavy atom. The normalized spacial score (nSPS) is 9.82. The monoisotopic (exact) mass is 156 g/mol. The van der Waals surface area contributed by atoms with Crippen molar-refractivity contribution in [1.29, 1.82) is 0 Å². The van der Waals surface area contributed by atoms with E-state index in [4.69, 9.17) is 0 Å². The maximum Gasteiger partial charge on any atom is 0.260 e. The summed E-state index contributed by atoms with van der Waals surface area (Å²) in [7, 11) is 1.82. The lowest BCUT2D eigenvalue weighted by Gasteiger charge is -2.15. The standard InChI is InChI=1S/C8H16N2O/c1-5-7(3)8(11)9-10(4)6-2/h3,5-6H2,1-2,4H3,(H,9,11). The molecule has 0 bridgehead atoms. The van der Waals surface area contributed by atoms with Gasteiger partial charge in [0.15, 0.2) is 0 Å². The number of rotatable bonds is 4. The van der Waals surface area contributed by atoms with Gasteiger partial charge >= 0.3 is 0 Å². The molecule has 11 heavy (non-hydrogen) atoms. The molecule has 0 aromatic heterocycles. The van der Waals surface area contributed by atoms with Crippen LogP contribution in [0.2, 0.25) is 0 Å². The van der Waals surface area contributed by atoms with Crippen LogP contribution in [0.15, 0.2) is 12.2 Å². The maximum atomic E-state index is 11.1. The molecule has 0 rings (SSSR count). The van der Waals surface area contributed by atoms with Gasteiger partial charge in [0.05, 0.1) is 0 Å². The quantitative estimate of drug-likeness (QED) is 0.485. The number of carbonyl (C=O) groups excluding carboxylic acids is 1. The number of nitrogens with zero attached hydrogens (tertiary/aromatic N) is 1. The topological polar surface area (TPSA) is 32.3 Å². The SMILES string of the molecule is C=C(CC)C(=O)NN(C)CC. The van der Waals surface area contributed by atoms with Crippen LogP contribution in [0, 0.1) is 0 Å². The lowest BCUT2D eigenvalue weighted by Crippen LogP contribution is -2.39. The Morgan fingerprint density at radius 2 is 2.09 bits per heavy atom. The summed E-state index contributed by atoms with van der Waals surface area (Å²) in [5.41, 5.74) is 3.29. The minimum absolute atomic E-state index is 0.0862. The fourth-order valence-electron chi connectivity index (χ4n) is 0.492. The molecule has 0 heterocycles. The first-order valence-corrected chi connectivity index (χ1v) is 3.81. The van der Waals surface area contributed by atoms with E-state index in [-0.39, 0.29) is 5.91 Å². The first-order valence-electron chi connectivity index (χ1n) is 3.81. The summed E-state index contributed by atoms with van der Waals surface area (Å²) in [5.74, 6) is -0.0862. The molecule has 0 aliphatic carbocycles. The third-order valence-electron chi connectivity index (χ3n) is 1.51. The highest BCUT2D eigenvalue weighted by atomic mass is 16.2. The van der Waals surface area contributed by atoms with Crippen molar-refractivity contribution in [2.24, 2.45) is 0 Å². The van der Waals surface area contributed by atoms with Crippen molar-refractivity contribution in [3.63, 3.8) is 0 Å².